The first-order valence-corrected chi connectivity index (χ1v) is 4.58. The van der Waals surface area contributed by atoms with Gasteiger partial charge in [0.05, 0.1) is 0 Å². The van der Waals surface area contributed by atoms with Gasteiger partial charge in [0.15, 0.2) is 0 Å². The maximum absolute atomic E-state index is 12.3. The molecule has 1 nitrogen and oxygen atoms in total. The molecule has 0 saturated carbocycles. The zero-order valence-electron chi connectivity index (χ0n) is 8.50. The summed E-state index contributed by atoms with van der Waals surface area (Å²) in [5, 5.41) is 0. The van der Waals surface area contributed by atoms with Crippen LogP contribution in [-0.2, 0) is 26.6 Å². The Morgan fingerprint density at radius 1 is 1.06 bits per heavy atom. The molecule has 1 aromatic heterocycles. The Morgan fingerprint density at radius 2 is 1.82 bits per heavy atom. The van der Waals surface area contributed by atoms with Crippen molar-refractivity contribution < 1.29 is 33.6 Å². The van der Waals surface area contributed by atoms with Crippen LogP contribution in [-0.4, -0.2) is 4.98 Å². The molecular weight excluding hydrogens is 401 g/mol. The molecule has 2 aromatic rings. The van der Waals surface area contributed by atoms with E-state index in [9.17, 15) is 13.2 Å². The molecule has 0 aliphatic heterocycles. The first kappa shape index (κ1) is 13.9. The molecule has 1 aromatic carbocycles. The zero-order valence-corrected chi connectivity index (χ0v) is 11.2. The predicted octanol–water partition coefficient (Wildman–Crippen LogP) is 3.57. The van der Waals surface area contributed by atoms with Gasteiger partial charge in [-0.15, -0.1) is 29.8 Å². The van der Waals surface area contributed by atoms with Gasteiger partial charge in [-0.2, -0.15) is 13.2 Å². The number of aromatic nitrogens is 1. The van der Waals surface area contributed by atoms with Crippen LogP contribution in [0.25, 0.3) is 11.3 Å². The second-order valence-corrected chi connectivity index (χ2v) is 3.20. The van der Waals surface area contributed by atoms with Crippen LogP contribution in [0, 0.1) is 6.07 Å². The second-order valence-electron chi connectivity index (χ2n) is 3.20. The molecule has 0 atom stereocenters. The van der Waals surface area contributed by atoms with Crippen LogP contribution < -0.4 is 0 Å². The maximum atomic E-state index is 12.3. The molecule has 1 radical (unpaired) electrons. The topological polar surface area (TPSA) is 12.9 Å². The number of hydrogen-bond donors (Lipinski definition) is 0. The molecule has 17 heavy (non-hydrogen) atoms. The van der Waals surface area contributed by atoms with Crippen LogP contribution in [0.3, 0.4) is 0 Å². The summed E-state index contributed by atoms with van der Waals surface area (Å²) < 4.78 is 36.9. The Kier molecular flexibility index (Phi) is 4.44. The van der Waals surface area contributed by atoms with Crippen molar-refractivity contribution in [1.82, 2.24) is 4.98 Å². The summed E-state index contributed by atoms with van der Waals surface area (Å²) in [6.07, 6.45) is -2.74. The van der Waals surface area contributed by atoms with E-state index in [0.29, 0.717) is 11.3 Å². The Bertz CT molecular complexity index is 465. The third-order valence-corrected chi connectivity index (χ3v) is 2.08. The van der Waals surface area contributed by atoms with Crippen molar-refractivity contribution in [1.29, 1.82) is 0 Å². The van der Waals surface area contributed by atoms with E-state index in [2.05, 4.69) is 11.1 Å². The van der Waals surface area contributed by atoms with Crippen LogP contribution in [0.2, 0.25) is 0 Å². The number of alkyl halides is 3. The van der Waals surface area contributed by atoms with E-state index in [1.807, 2.05) is 0 Å². The molecule has 0 saturated heterocycles. The fraction of sp³-hybridized carbons (Fsp3) is 0.0833. The molecule has 0 bridgehead atoms. The molecule has 0 spiro atoms. The van der Waals surface area contributed by atoms with E-state index in [1.54, 1.807) is 24.4 Å². The van der Waals surface area contributed by atoms with Crippen molar-refractivity contribution >= 4 is 0 Å². The van der Waals surface area contributed by atoms with E-state index in [1.165, 1.54) is 6.07 Å². The van der Waals surface area contributed by atoms with Crippen LogP contribution >= 0.6 is 0 Å². The molecule has 0 N–H and O–H groups in total. The Balaban J connectivity index is 0.00000144. The largest absolute Gasteiger partial charge is 0.381 e. The summed E-state index contributed by atoms with van der Waals surface area (Å²) in [7, 11) is 0. The van der Waals surface area contributed by atoms with Crippen molar-refractivity contribution in [3.63, 3.8) is 0 Å². The fourth-order valence-corrected chi connectivity index (χ4v) is 1.28. The third-order valence-electron chi connectivity index (χ3n) is 2.08. The molecule has 0 amide bonds. The summed E-state index contributed by atoms with van der Waals surface area (Å²) in [6.45, 7) is 0. The SMILES string of the molecule is FC(F)(F)c1c[c-]c(-c2ccccn2)cc1.[Re]. The molecule has 5 heteroatoms. The van der Waals surface area contributed by atoms with Gasteiger partial charge in [0, 0.05) is 26.6 Å². The minimum Gasteiger partial charge on any atom is -0.305 e. The fourth-order valence-electron chi connectivity index (χ4n) is 1.28. The molecule has 1 heterocycles. The summed E-state index contributed by atoms with van der Waals surface area (Å²) >= 11 is 0. The van der Waals surface area contributed by atoms with Gasteiger partial charge in [-0.3, -0.25) is 0 Å². The van der Waals surface area contributed by atoms with E-state index >= 15 is 0 Å². The van der Waals surface area contributed by atoms with Gasteiger partial charge in [0.25, 0.3) is 0 Å². The first-order valence-electron chi connectivity index (χ1n) is 4.58. The number of hydrogen-bond acceptors (Lipinski definition) is 1. The summed E-state index contributed by atoms with van der Waals surface area (Å²) in [6, 6.07) is 11.1. The summed E-state index contributed by atoms with van der Waals surface area (Å²) in [4.78, 5) is 4.03. The predicted molar refractivity (Wildman–Crippen MR) is 53.5 cm³/mol. The normalized spacial score (nSPS) is 10.8. The van der Waals surface area contributed by atoms with Crippen molar-refractivity contribution in [2.24, 2.45) is 0 Å². The van der Waals surface area contributed by atoms with Gasteiger partial charge in [-0.25, -0.2) is 0 Å². The van der Waals surface area contributed by atoms with E-state index < -0.39 is 11.7 Å². The van der Waals surface area contributed by atoms with E-state index in [-0.39, 0.29) is 20.4 Å². The first-order chi connectivity index (χ1) is 7.57. The van der Waals surface area contributed by atoms with Gasteiger partial charge in [-0.05, 0) is 17.3 Å². The van der Waals surface area contributed by atoms with Gasteiger partial charge in [0.2, 0.25) is 0 Å². The summed E-state index contributed by atoms with van der Waals surface area (Å²) in [5.74, 6) is 0. The second kappa shape index (κ2) is 5.44. The van der Waals surface area contributed by atoms with Crippen molar-refractivity contribution in [3.05, 3.63) is 54.2 Å². The Hall–Kier alpha value is -1.18. The number of pyridine rings is 1. The third kappa shape index (κ3) is 3.39. The molecule has 0 fully saturated rings. The van der Waals surface area contributed by atoms with Gasteiger partial charge in [0.1, 0.15) is 0 Å². The molecule has 0 aliphatic rings. The van der Waals surface area contributed by atoms with Crippen LogP contribution in [0.4, 0.5) is 13.2 Å². The Labute approximate surface area is 110 Å². The number of nitrogens with zero attached hydrogens (tertiary/aromatic N) is 1. The van der Waals surface area contributed by atoms with Crippen molar-refractivity contribution in [2.45, 2.75) is 6.18 Å². The number of rotatable bonds is 1. The van der Waals surface area contributed by atoms with E-state index in [4.69, 9.17) is 0 Å². The summed E-state index contributed by atoms with van der Waals surface area (Å²) in [5.41, 5.74) is 0.456. The van der Waals surface area contributed by atoms with Crippen LogP contribution in [0.1, 0.15) is 5.56 Å². The number of benzene rings is 1. The van der Waals surface area contributed by atoms with E-state index in [0.717, 1.165) is 12.1 Å². The Morgan fingerprint density at radius 3 is 2.29 bits per heavy atom. The molecular formula is C12H7F3NRe-. The van der Waals surface area contributed by atoms with Crippen LogP contribution in [0.15, 0.2) is 42.6 Å². The smallest absolute Gasteiger partial charge is 0.305 e. The molecule has 0 aliphatic carbocycles. The maximum Gasteiger partial charge on any atom is 0.381 e. The average molecular weight is 408 g/mol. The molecule has 2 rings (SSSR count). The minimum absolute atomic E-state index is 0. The van der Waals surface area contributed by atoms with Crippen molar-refractivity contribution in [2.75, 3.05) is 0 Å². The quantitative estimate of drug-likeness (QED) is 0.658. The average Bonchev–Trinajstić information content (AvgIpc) is 2.29. The molecule has 0 unspecified atom stereocenters. The van der Waals surface area contributed by atoms with Crippen molar-refractivity contribution in [3.8, 4) is 11.3 Å². The van der Waals surface area contributed by atoms with Crippen LogP contribution in [0.5, 0.6) is 0 Å². The standard InChI is InChI=1S/C12H7F3N.Re/c13-12(14,15)10-6-4-9(5-7-10)11-3-1-2-8-16-11;/h1-4,6-8H;/q-1;. The van der Waals surface area contributed by atoms with Gasteiger partial charge < -0.3 is 4.98 Å². The minimum atomic E-state index is -4.32. The molecule has 89 valence electrons. The number of halogens is 3. The van der Waals surface area contributed by atoms with Gasteiger partial charge >= 0.3 is 6.18 Å². The monoisotopic (exact) mass is 409 g/mol. The van der Waals surface area contributed by atoms with Gasteiger partial charge in [-0.1, -0.05) is 12.1 Å². The zero-order chi connectivity index (χ0) is 11.6.